The number of rotatable bonds is 5. The van der Waals surface area contributed by atoms with Gasteiger partial charge in [0, 0.05) is 35.8 Å². The number of benzene rings is 3. The van der Waals surface area contributed by atoms with Crippen LogP contribution in [0.1, 0.15) is 11.1 Å². The van der Waals surface area contributed by atoms with Crippen LogP contribution in [0.15, 0.2) is 90.5 Å². The van der Waals surface area contributed by atoms with Crippen LogP contribution in [-0.2, 0) is 11.3 Å². The first-order valence-electron chi connectivity index (χ1n) is 10.1. The molecule has 1 amide bonds. The summed E-state index contributed by atoms with van der Waals surface area (Å²) in [4.78, 5) is 15.0. The van der Waals surface area contributed by atoms with Crippen LogP contribution in [0.5, 0.6) is 0 Å². The first kappa shape index (κ1) is 19.8. The van der Waals surface area contributed by atoms with Gasteiger partial charge >= 0.3 is 0 Å². The fraction of sp³-hybridized carbons (Fsp3) is 0.0769. The van der Waals surface area contributed by atoms with Crippen molar-refractivity contribution in [2.45, 2.75) is 6.54 Å². The SMILES string of the molecule is C=CCN1C(=O)/C(=C\c2cn(Cc3ccc4ccccc4c3)c3ccccc23)SC1=S. The second kappa shape index (κ2) is 8.17. The molecule has 5 rings (SSSR count). The minimum Gasteiger partial charge on any atom is -0.342 e. The fourth-order valence-electron chi connectivity index (χ4n) is 3.98. The summed E-state index contributed by atoms with van der Waals surface area (Å²) >= 11 is 6.73. The summed E-state index contributed by atoms with van der Waals surface area (Å²) in [7, 11) is 0. The molecule has 5 heteroatoms. The Bertz CT molecular complexity index is 1380. The van der Waals surface area contributed by atoms with Gasteiger partial charge in [0.25, 0.3) is 5.91 Å². The number of nitrogens with zero attached hydrogens (tertiary/aromatic N) is 2. The minimum absolute atomic E-state index is 0.0544. The van der Waals surface area contributed by atoms with Crippen molar-refractivity contribution in [2.75, 3.05) is 6.54 Å². The largest absolute Gasteiger partial charge is 0.342 e. The molecule has 1 aromatic heterocycles. The van der Waals surface area contributed by atoms with Crippen LogP contribution in [0.25, 0.3) is 27.8 Å². The number of hydrogen-bond donors (Lipinski definition) is 0. The number of amides is 1. The molecule has 2 heterocycles. The molecule has 0 bridgehead atoms. The second-order valence-electron chi connectivity index (χ2n) is 7.49. The summed E-state index contributed by atoms with van der Waals surface area (Å²) < 4.78 is 2.83. The number of fused-ring (bicyclic) bond motifs is 2. The molecule has 1 aliphatic rings. The molecule has 1 fully saturated rings. The smallest absolute Gasteiger partial charge is 0.266 e. The molecule has 1 aliphatic heterocycles. The molecule has 3 aromatic carbocycles. The minimum atomic E-state index is -0.0544. The Morgan fingerprint density at radius 3 is 2.61 bits per heavy atom. The van der Waals surface area contributed by atoms with Crippen molar-refractivity contribution in [2.24, 2.45) is 0 Å². The van der Waals surface area contributed by atoms with Gasteiger partial charge in [0.2, 0.25) is 0 Å². The van der Waals surface area contributed by atoms with Crippen LogP contribution in [0.3, 0.4) is 0 Å². The number of aromatic nitrogens is 1. The third-order valence-electron chi connectivity index (χ3n) is 5.46. The lowest BCUT2D eigenvalue weighted by Gasteiger charge is -2.10. The molecule has 0 atom stereocenters. The highest BCUT2D eigenvalue weighted by molar-refractivity contribution is 8.26. The van der Waals surface area contributed by atoms with Gasteiger partial charge in [0.1, 0.15) is 4.32 Å². The van der Waals surface area contributed by atoms with E-state index in [0.29, 0.717) is 15.8 Å². The summed E-state index contributed by atoms with van der Waals surface area (Å²) in [5.41, 5.74) is 3.40. The Labute approximate surface area is 190 Å². The average Bonchev–Trinajstić information content (AvgIpc) is 3.26. The van der Waals surface area contributed by atoms with Gasteiger partial charge < -0.3 is 4.57 Å². The third kappa shape index (κ3) is 3.71. The van der Waals surface area contributed by atoms with E-state index >= 15 is 0 Å². The Hall–Kier alpha value is -3.15. The van der Waals surface area contributed by atoms with Crippen molar-refractivity contribution in [1.82, 2.24) is 9.47 Å². The molecule has 152 valence electrons. The van der Waals surface area contributed by atoms with Crippen LogP contribution in [0, 0.1) is 0 Å². The van der Waals surface area contributed by atoms with Crippen molar-refractivity contribution >= 4 is 62.0 Å². The first-order chi connectivity index (χ1) is 15.1. The predicted octanol–water partition coefficient (Wildman–Crippen LogP) is 6.23. The van der Waals surface area contributed by atoms with E-state index in [0.717, 1.165) is 23.0 Å². The summed E-state index contributed by atoms with van der Waals surface area (Å²) in [6.07, 6.45) is 5.78. The van der Waals surface area contributed by atoms with Crippen LogP contribution < -0.4 is 0 Å². The number of para-hydroxylation sites is 1. The zero-order valence-corrected chi connectivity index (χ0v) is 18.5. The third-order valence-corrected chi connectivity index (χ3v) is 6.84. The van der Waals surface area contributed by atoms with Crippen LogP contribution >= 0.6 is 24.0 Å². The maximum absolute atomic E-state index is 12.8. The lowest BCUT2D eigenvalue weighted by molar-refractivity contribution is -0.121. The zero-order valence-electron chi connectivity index (χ0n) is 16.8. The summed E-state index contributed by atoms with van der Waals surface area (Å²) in [5.74, 6) is -0.0544. The lowest BCUT2D eigenvalue weighted by Crippen LogP contribution is -2.27. The molecular weight excluding hydrogens is 420 g/mol. The van der Waals surface area contributed by atoms with E-state index < -0.39 is 0 Å². The van der Waals surface area contributed by atoms with Crippen molar-refractivity contribution < 1.29 is 4.79 Å². The maximum atomic E-state index is 12.8. The average molecular weight is 441 g/mol. The lowest BCUT2D eigenvalue weighted by atomic mass is 10.1. The number of hydrogen-bond acceptors (Lipinski definition) is 3. The van der Waals surface area contributed by atoms with E-state index in [1.165, 1.54) is 28.1 Å². The molecule has 31 heavy (non-hydrogen) atoms. The Morgan fingerprint density at radius 1 is 1.00 bits per heavy atom. The van der Waals surface area contributed by atoms with Gasteiger partial charge in [0.05, 0.1) is 4.91 Å². The molecule has 1 saturated heterocycles. The normalized spacial score (nSPS) is 15.5. The van der Waals surface area contributed by atoms with E-state index in [1.54, 1.807) is 11.0 Å². The quantitative estimate of drug-likeness (QED) is 0.209. The zero-order chi connectivity index (χ0) is 21.4. The van der Waals surface area contributed by atoms with E-state index in [-0.39, 0.29) is 5.91 Å². The van der Waals surface area contributed by atoms with Crippen molar-refractivity contribution in [3.63, 3.8) is 0 Å². The number of thioether (sulfide) groups is 1. The van der Waals surface area contributed by atoms with Gasteiger partial charge in [-0.15, -0.1) is 6.58 Å². The van der Waals surface area contributed by atoms with Gasteiger partial charge in [-0.2, -0.15) is 0 Å². The highest BCUT2D eigenvalue weighted by atomic mass is 32.2. The summed E-state index contributed by atoms with van der Waals surface area (Å²) in [6.45, 7) is 4.92. The monoisotopic (exact) mass is 440 g/mol. The number of carbonyl (C=O) groups excluding carboxylic acids is 1. The first-order valence-corrected chi connectivity index (χ1v) is 11.3. The van der Waals surface area contributed by atoms with Crippen molar-refractivity contribution in [1.29, 1.82) is 0 Å². The number of carbonyl (C=O) groups is 1. The Morgan fingerprint density at radius 2 is 1.77 bits per heavy atom. The predicted molar refractivity (Wildman–Crippen MR) is 135 cm³/mol. The van der Waals surface area contributed by atoms with Gasteiger partial charge in [-0.1, -0.05) is 84.7 Å². The fourth-order valence-corrected chi connectivity index (χ4v) is 5.25. The molecule has 0 N–H and O–H groups in total. The highest BCUT2D eigenvalue weighted by Crippen LogP contribution is 2.34. The molecule has 0 spiro atoms. The van der Waals surface area contributed by atoms with E-state index in [1.807, 2.05) is 18.2 Å². The van der Waals surface area contributed by atoms with Crippen molar-refractivity contribution in [3.05, 3.63) is 102 Å². The van der Waals surface area contributed by atoms with Gasteiger partial charge in [-0.05, 0) is 34.5 Å². The molecule has 0 radical (unpaired) electrons. The van der Waals surface area contributed by atoms with E-state index in [4.69, 9.17) is 12.2 Å². The maximum Gasteiger partial charge on any atom is 0.266 e. The molecule has 0 aliphatic carbocycles. The van der Waals surface area contributed by atoms with Crippen LogP contribution in [0.2, 0.25) is 0 Å². The van der Waals surface area contributed by atoms with Gasteiger partial charge in [0.15, 0.2) is 0 Å². The molecule has 3 nitrogen and oxygen atoms in total. The number of thiocarbonyl (C=S) groups is 1. The Kier molecular flexibility index (Phi) is 5.22. The molecular formula is C26H20N2OS2. The van der Waals surface area contributed by atoms with Gasteiger partial charge in [-0.25, -0.2) is 0 Å². The van der Waals surface area contributed by atoms with Crippen molar-refractivity contribution in [3.8, 4) is 0 Å². The molecule has 4 aromatic rings. The van der Waals surface area contributed by atoms with E-state index in [2.05, 4.69) is 71.9 Å². The summed E-state index contributed by atoms with van der Waals surface area (Å²) in [5, 5.41) is 3.60. The topological polar surface area (TPSA) is 25.2 Å². The van der Waals surface area contributed by atoms with Crippen LogP contribution in [0.4, 0.5) is 0 Å². The van der Waals surface area contributed by atoms with Crippen LogP contribution in [-0.4, -0.2) is 26.2 Å². The highest BCUT2D eigenvalue weighted by Gasteiger charge is 2.31. The molecule has 0 saturated carbocycles. The second-order valence-corrected chi connectivity index (χ2v) is 9.17. The Balaban J connectivity index is 1.53. The van der Waals surface area contributed by atoms with E-state index in [9.17, 15) is 4.79 Å². The van der Waals surface area contributed by atoms with Gasteiger partial charge in [-0.3, -0.25) is 9.69 Å². The molecule has 0 unspecified atom stereocenters. The summed E-state index contributed by atoms with van der Waals surface area (Å²) in [6, 6.07) is 23.3. The standard InChI is InChI=1S/C26H20N2OS2/c1-2-13-28-25(29)24(31-26(28)30)15-21-17-27(23-10-6-5-9-22(21)23)16-18-11-12-19-7-3-4-8-20(19)14-18/h2-12,14-15,17H,1,13,16H2/b24-15+.